The summed E-state index contributed by atoms with van der Waals surface area (Å²) in [6.07, 6.45) is 3.37. The topological polar surface area (TPSA) is 35.2 Å². The van der Waals surface area contributed by atoms with Gasteiger partial charge < -0.3 is 10.5 Å². The summed E-state index contributed by atoms with van der Waals surface area (Å²) in [7, 11) is 0. The van der Waals surface area contributed by atoms with Crippen molar-refractivity contribution in [2.24, 2.45) is 11.7 Å². The molecule has 2 nitrogen and oxygen atoms in total. The van der Waals surface area contributed by atoms with Crippen molar-refractivity contribution in [2.45, 2.75) is 45.1 Å². The van der Waals surface area contributed by atoms with Crippen molar-refractivity contribution in [3.05, 3.63) is 29.8 Å². The molecule has 2 N–H and O–H groups in total. The summed E-state index contributed by atoms with van der Waals surface area (Å²) in [5.74, 6) is 2.23. The molecule has 0 fully saturated rings. The molecule has 94 valence electrons. The first-order valence-electron chi connectivity index (χ1n) is 6.65. The molecule has 1 aromatic rings. The maximum Gasteiger partial charge on any atom is 0.122 e. The van der Waals surface area contributed by atoms with Crippen molar-refractivity contribution in [3.63, 3.8) is 0 Å². The fourth-order valence-electron chi connectivity index (χ4n) is 2.54. The highest BCUT2D eigenvalue weighted by molar-refractivity contribution is 5.38. The molecular formula is C15H23NO. The maximum absolute atomic E-state index is 6.36. The normalized spacial score (nSPS) is 20.8. The first-order valence-corrected chi connectivity index (χ1v) is 6.65. The average Bonchev–Trinajstić information content (AvgIpc) is 2.35. The van der Waals surface area contributed by atoms with E-state index in [0.717, 1.165) is 31.1 Å². The molecule has 0 saturated heterocycles. The summed E-state index contributed by atoms with van der Waals surface area (Å²) >= 11 is 0. The first kappa shape index (κ1) is 12.4. The summed E-state index contributed by atoms with van der Waals surface area (Å²) in [6, 6.07) is 8.59. The highest BCUT2D eigenvalue weighted by Gasteiger charge is 2.26. The lowest BCUT2D eigenvalue weighted by Gasteiger charge is -2.30. The van der Waals surface area contributed by atoms with Gasteiger partial charge >= 0.3 is 0 Å². The van der Waals surface area contributed by atoms with Crippen LogP contribution in [0.2, 0.25) is 0 Å². The monoisotopic (exact) mass is 233 g/mol. The third-order valence-electron chi connectivity index (χ3n) is 3.60. The fraction of sp³-hybridized carbons (Fsp3) is 0.600. The third kappa shape index (κ3) is 3.01. The van der Waals surface area contributed by atoms with Crippen LogP contribution in [-0.2, 0) is 0 Å². The molecule has 2 unspecified atom stereocenters. The molecule has 1 aliphatic rings. The van der Waals surface area contributed by atoms with Gasteiger partial charge in [-0.05, 0) is 36.8 Å². The standard InChI is InChI=1S/C15H23NO/c1-11(2)7-8-14(16)12-9-10-17-15-6-4-3-5-13(12)15/h3-6,11-12,14H,7-10,16H2,1-2H3. The predicted molar refractivity (Wildman–Crippen MR) is 71.3 cm³/mol. The van der Waals surface area contributed by atoms with Crippen molar-refractivity contribution >= 4 is 0 Å². The first-order chi connectivity index (χ1) is 8.18. The summed E-state index contributed by atoms with van der Waals surface area (Å²) in [6.45, 7) is 5.31. The van der Waals surface area contributed by atoms with E-state index in [-0.39, 0.29) is 6.04 Å². The molecule has 1 aromatic carbocycles. The van der Waals surface area contributed by atoms with Gasteiger partial charge in [-0.2, -0.15) is 0 Å². The van der Waals surface area contributed by atoms with E-state index >= 15 is 0 Å². The van der Waals surface area contributed by atoms with Crippen LogP contribution in [0.15, 0.2) is 24.3 Å². The lowest BCUT2D eigenvalue weighted by Crippen LogP contribution is -2.32. The van der Waals surface area contributed by atoms with E-state index in [9.17, 15) is 0 Å². The minimum Gasteiger partial charge on any atom is -0.493 e. The number of rotatable bonds is 4. The number of hydrogen-bond acceptors (Lipinski definition) is 2. The Morgan fingerprint density at radius 3 is 2.82 bits per heavy atom. The van der Waals surface area contributed by atoms with E-state index in [1.807, 2.05) is 6.07 Å². The Bertz CT molecular complexity index is 362. The molecule has 0 amide bonds. The van der Waals surface area contributed by atoms with E-state index < -0.39 is 0 Å². The van der Waals surface area contributed by atoms with E-state index in [1.54, 1.807) is 0 Å². The van der Waals surface area contributed by atoms with Crippen LogP contribution < -0.4 is 10.5 Å². The van der Waals surface area contributed by atoms with Crippen LogP contribution in [0.4, 0.5) is 0 Å². The van der Waals surface area contributed by atoms with Gasteiger partial charge in [0.05, 0.1) is 6.61 Å². The number of ether oxygens (including phenoxy) is 1. The highest BCUT2D eigenvalue weighted by Crippen LogP contribution is 2.36. The second-order valence-electron chi connectivity index (χ2n) is 5.42. The molecular weight excluding hydrogens is 210 g/mol. The molecule has 0 spiro atoms. The second-order valence-corrected chi connectivity index (χ2v) is 5.42. The Morgan fingerprint density at radius 1 is 1.29 bits per heavy atom. The quantitative estimate of drug-likeness (QED) is 0.866. The molecule has 0 aromatic heterocycles. The lowest BCUT2D eigenvalue weighted by molar-refractivity contribution is 0.250. The Morgan fingerprint density at radius 2 is 2.06 bits per heavy atom. The fourth-order valence-corrected chi connectivity index (χ4v) is 2.54. The summed E-state index contributed by atoms with van der Waals surface area (Å²) in [5.41, 5.74) is 7.66. The van der Waals surface area contributed by atoms with E-state index in [1.165, 1.54) is 12.0 Å². The van der Waals surface area contributed by atoms with Crippen molar-refractivity contribution in [2.75, 3.05) is 6.61 Å². The number of nitrogens with two attached hydrogens (primary N) is 1. The molecule has 0 saturated carbocycles. The zero-order chi connectivity index (χ0) is 12.3. The molecule has 2 atom stereocenters. The van der Waals surface area contributed by atoms with Crippen LogP contribution in [0.1, 0.15) is 44.6 Å². The summed E-state index contributed by atoms with van der Waals surface area (Å²) in [5, 5.41) is 0. The lowest BCUT2D eigenvalue weighted by atomic mass is 9.84. The molecule has 1 aliphatic heterocycles. The maximum atomic E-state index is 6.36. The minimum atomic E-state index is 0.266. The van der Waals surface area contributed by atoms with Crippen LogP contribution in [0.5, 0.6) is 5.75 Å². The van der Waals surface area contributed by atoms with Gasteiger partial charge in [-0.15, -0.1) is 0 Å². The number of hydrogen-bond donors (Lipinski definition) is 1. The van der Waals surface area contributed by atoms with E-state index in [4.69, 9.17) is 10.5 Å². The van der Waals surface area contributed by atoms with Gasteiger partial charge in [0.15, 0.2) is 0 Å². The number of para-hydroxylation sites is 1. The van der Waals surface area contributed by atoms with Crippen LogP contribution >= 0.6 is 0 Å². The Hall–Kier alpha value is -1.02. The van der Waals surface area contributed by atoms with E-state index in [0.29, 0.717) is 5.92 Å². The molecule has 2 rings (SSSR count). The number of fused-ring (bicyclic) bond motifs is 1. The van der Waals surface area contributed by atoms with Gasteiger partial charge in [0.25, 0.3) is 0 Å². The van der Waals surface area contributed by atoms with Crippen molar-refractivity contribution in [1.82, 2.24) is 0 Å². The third-order valence-corrected chi connectivity index (χ3v) is 3.60. The van der Waals surface area contributed by atoms with Gasteiger partial charge in [-0.3, -0.25) is 0 Å². The molecule has 1 heterocycles. The largest absolute Gasteiger partial charge is 0.493 e. The molecule has 0 bridgehead atoms. The van der Waals surface area contributed by atoms with Crippen LogP contribution in [-0.4, -0.2) is 12.6 Å². The van der Waals surface area contributed by atoms with Gasteiger partial charge in [0.1, 0.15) is 5.75 Å². The summed E-state index contributed by atoms with van der Waals surface area (Å²) < 4.78 is 5.67. The van der Waals surface area contributed by atoms with Gasteiger partial charge in [-0.1, -0.05) is 32.0 Å². The minimum absolute atomic E-state index is 0.266. The molecule has 0 aliphatic carbocycles. The van der Waals surface area contributed by atoms with Gasteiger partial charge in [-0.25, -0.2) is 0 Å². The Kier molecular flexibility index (Phi) is 4.06. The number of benzene rings is 1. The van der Waals surface area contributed by atoms with E-state index in [2.05, 4.69) is 32.0 Å². The van der Waals surface area contributed by atoms with Crippen LogP contribution in [0, 0.1) is 5.92 Å². The average molecular weight is 233 g/mol. The van der Waals surface area contributed by atoms with Crippen LogP contribution in [0.3, 0.4) is 0 Å². The molecule has 0 radical (unpaired) electrons. The van der Waals surface area contributed by atoms with Gasteiger partial charge in [0.2, 0.25) is 0 Å². The smallest absolute Gasteiger partial charge is 0.122 e. The highest BCUT2D eigenvalue weighted by atomic mass is 16.5. The zero-order valence-electron chi connectivity index (χ0n) is 10.9. The molecule has 2 heteroatoms. The second kappa shape index (κ2) is 5.54. The van der Waals surface area contributed by atoms with Crippen molar-refractivity contribution in [1.29, 1.82) is 0 Å². The zero-order valence-corrected chi connectivity index (χ0v) is 10.9. The van der Waals surface area contributed by atoms with Crippen molar-refractivity contribution < 1.29 is 4.74 Å². The van der Waals surface area contributed by atoms with Gasteiger partial charge in [0, 0.05) is 12.0 Å². The SMILES string of the molecule is CC(C)CCC(N)C1CCOc2ccccc21. The summed E-state index contributed by atoms with van der Waals surface area (Å²) in [4.78, 5) is 0. The Labute approximate surface area is 104 Å². The Balaban J connectivity index is 2.07. The molecule has 17 heavy (non-hydrogen) atoms. The predicted octanol–water partition coefficient (Wildman–Crippen LogP) is 3.32. The van der Waals surface area contributed by atoms with Crippen molar-refractivity contribution in [3.8, 4) is 5.75 Å². The van der Waals surface area contributed by atoms with Crippen LogP contribution in [0.25, 0.3) is 0 Å².